The van der Waals surface area contributed by atoms with Crippen LogP contribution in [0.3, 0.4) is 0 Å². The van der Waals surface area contributed by atoms with Crippen molar-refractivity contribution < 1.29 is 4.74 Å². The maximum absolute atomic E-state index is 11.9. The van der Waals surface area contributed by atoms with Crippen LogP contribution in [0.15, 0.2) is 11.0 Å². The van der Waals surface area contributed by atoms with E-state index in [9.17, 15) is 4.79 Å². The van der Waals surface area contributed by atoms with E-state index < -0.39 is 0 Å². The van der Waals surface area contributed by atoms with Crippen LogP contribution < -0.4 is 15.4 Å². The number of rotatable bonds is 4. The van der Waals surface area contributed by atoms with Crippen LogP contribution in [0, 0.1) is 0 Å². The van der Waals surface area contributed by atoms with E-state index in [1.807, 2.05) is 0 Å². The summed E-state index contributed by atoms with van der Waals surface area (Å²) in [4.78, 5) is 20.6. The van der Waals surface area contributed by atoms with Gasteiger partial charge in [-0.1, -0.05) is 11.6 Å². The minimum absolute atomic E-state index is 0.217. The van der Waals surface area contributed by atoms with Gasteiger partial charge in [0.05, 0.1) is 11.9 Å². The van der Waals surface area contributed by atoms with E-state index >= 15 is 0 Å². The van der Waals surface area contributed by atoms with Gasteiger partial charge >= 0.3 is 0 Å². The van der Waals surface area contributed by atoms with E-state index in [-0.39, 0.29) is 10.6 Å². The molecule has 0 atom stereocenters. The fourth-order valence-electron chi connectivity index (χ4n) is 2.42. The Morgan fingerprint density at radius 1 is 1.30 bits per heavy atom. The highest BCUT2D eigenvalue weighted by molar-refractivity contribution is 7.09. The van der Waals surface area contributed by atoms with Gasteiger partial charge in [0, 0.05) is 51.9 Å². The normalized spacial score (nSPS) is 15.3. The summed E-state index contributed by atoms with van der Waals surface area (Å²) in [5.74, 6) is 0.703. The second kappa shape index (κ2) is 6.81. The van der Waals surface area contributed by atoms with E-state index in [0.29, 0.717) is 18.1 Å². The summed E-state index contributed by atoms with van der Waals surface area (Å²) >= 11 is 7.54. The number of halogens is 1. The third-order valence-corrected chi connectivity index (χ3v) is 4.85. The molecule has 1 aliphatic heterocycles. The van der Waals surface area contributed by atoms with Crippen molar-refractivity contribution in [1.82, 2.24) is 19.1 Å². The van der Waals surface area contributed by atoms with Crippen molar-refractivity contribution >= 4 is 34.0 Å². The summed E-state index contributed by atoms with van der Waals surface area (Å²) in [6.07, 6.45) is 1.64. The fraction of sp³-hybridized carbons (Fsp3) is 0.538. The third-order valence-electron chi connectivity index (χ3n) is 3.68. The molecular formula is C13H17ClN6O2S. The summed E-state index contributed by atoms with van der Waals surface area (Å²) < 4.78 is 10.5. The first kappa shape index (κ1) is 16.2. The second-order valence-corrected chi connectivity index (χ2v) is 6.28. The van der Waals surface area contributed by atoms with Crippen LogP contribution in [0.2, 0.25) is 5.02 Å². The molecule has 0 aliphatic carbocycles. The number of hydrogen-bond donors (Lipinski definition) is 0. The van der Waals surface area contributed by atoms with Crippen LogP contribution in [0.4, 0.5) is 10.8 Å². The molecule has 1 saturated heterocycles. The average molecular weight is 357 g/mol. The maximum atomic E-state index is 11.9. The SMILES string of the molecule is COCc1nsc(N2CCN(c3cnn(C)c(=O)c3Cl)CC2)n1. The minimum Gasteiger partial charge on any atom is -0.377 e. The molecule has 23 heavy (non-hydrogen) atoms. The highest BCUT2D eigenvalue weighted by atomic mass is 35.5. The fourth-order valence-corrected chi connectivity index (χ4v) is 3.44. The van der Waals surface area contributed by atoms with Gasteiger partial charge in [-0.05, 0) is 0 Å². The third kappa shape index (κ3) is 3.31. The Labute approximate surface area is 142 Å². The van der Waals surface area contributed by atoms with Crippen LogP contribution >= 0.6 is 23.1 Å². The summed E-state index contributed by atoms with van der Waals surface area (Å²) in [6.45, 7) is 3.48. The Hall–Kier alpha value is -1.71. The lowest BCUT2D eigenvalue weighted by Crippen LogP contribution is -2.47. The van der Waals surface area contributed by atoms with Gasteiger partial charge in [0.1, 0.15) is 11.6 Å². The Kier molecular flexibility index (Phi) is 4.79. The number of ether oxygens (including phenoxy) is 1. The molecule has 1 fully saturated rings. The van der Waals surface area contributed by atoms with Gasteiger partial charge in [-0.2, -0.15) is 9.47 Å². The molecule has 0 unspecified atom stereocenters. The summed E-state index contributed by atoms with van der Waals surface area (Å²) in [5.41, 5.74) is 0.409. The zero-order valence-corrected chi connectivity index (χ0v) is 14.5. The molecule has 10 heteroatoms. The largest absolute Gasteiger partial charge is 0.377 e. The van der Waals surface area contributed by atoms with Crippen molar-refractivity contribution in [3.05, 3.63) is 27.4 Å². The van der Waals surface area contributed by atoms with Crippen LogP contribution in [0.25, 0.3) is 0 Å². The maximum Gasteiger partial charge on any atom is 0.287 e. The molecule has 0 N–H and O–H groups in total. The predicted molar refractivity (Wildman–Crippen MR) is 89.5 cm³/mol. The first-order valence-corrected chi connectivity index (χ1v) is 8.28. The van der Waals surface area contributed by atoms with Crippen LogP contribution in [0.1, 0.15) is 5.82 Å². The quantitative estimate of drug-likeness (QED) is 0.800. The van der Waals surface area contributed by atoms with Gasteiger partial charge in [-0.3, -0.25) is 4.79 Å². The number of aryl methyl sites for hydroxylation is 1. The Morgan fingerprint density at radius 2 is 2.00 bits per heavy atom. The molecule has 0 spiro atoms. The molecule has 2 aromatic rings. The monoisotopic (exact) mass is 356 g/mol. The summed E-state index contributed by atoms with van der Waals surface area (Å²) in [7, 11) is 3.21. The van der Waals surface area contributed by atoms with Gasteiger partial charge in [0.2, 0.25) is 5.13 Å². The Bertz CT molecular complexity index is 740. The highest BCUT2D eigenvalue weighted by Crippen LogP contribution is 2.25. The van der Waals surface area contributed by atoms with Gasteiger partial charge < -0.3 is 14.5 Å². The second-order valence-electron chi connectivity index (χ2n) is 5.17. The van der Waals surface area contributed by atoms with E-state index in [1.54, 1.807) is 20.4 Å². The van der Waals surface area contributed by atoms with E-state index in [0.717, 1.165) is 31.3 Å². The zero-order valence-electron chi connectivity index (χ0n) is 12.9. The molecule has 0 bridgehead atoms. The molecule has 124 valence electrons. The van der Waals surface area contributed by atoms with Gasteiger partial charge in [-0.15, -0.1) is 0 Å². The molecule has 1 aliphatic rings. The molecule has 3 rings (SSSR count). The lowest BCUT2D eigenvalue weighted by atomic mass is 10.3. The first-order valence-electron chi connectivity index (χ1n) is 7.13. The van der Waals surface area contributed by atoms with Crippen molar-refractivity contribution in [3.63, 3.8) is 0 Å². The topological polar surface area (TPSA) is 76.4 Å². The molecule has 8 nitrogen and oxygen atoms in total. The number of anilines is 2. The zero-order chi connectivity index (χ0) is 16.4. The lowest BCUT2D eigenvalue weighted by Gasteiger charge is -2.35. The molecule has 0 radical (unpaired) electrons. The van der Waals surface area contributed by atoms with Gasteiger partial charge in [0.15, 0.2) is 5.82 Å². The number of piperazine rings is 1. The number of hydrogen-bond acceptors (Lipinski definition) is 8. The summed E-state index contributed by atoms with van der Waals surface area (Å²) in [6, 6.07) is 0. The van der Waals surface area contributed by atoms with Crippen LogP contribution in [-0.4, -0.2) is 52.4 Å². The van der Waals surface area contributed by atoms with E-state index in [2.05, 4.69) is 24.3 Å². The van der Waals surface area contributed by atoms with E-state index in [4.69, 9.17) is 16.3 Å². The molecule has 2 aromatic heterocycles. The number of nitrogens with zero attached hydrogens (tertiary/aromatic N) is 6. The van der Waals surface area contributed by atoms with E-state index in [1.165, 1.54) is 16.2 Å². The highest BCUT2D eigenvalue weighted by Gasteiger charge is 2.23. The van der Waals surface area contributed by atoms with Gasteiger partial charge in [0.25, 0.3) is 5.56 Å². The average Bonchev–Trinajstić information content (AvgIpc) is 3.02. The minimum atomic E-state index is -0.278. The van der Waals surface area contributed by atoms with Crippen LogP contribution in [0.5, 0.6) is 0 Å². The number of aromatic nitrogens is 4. The van der Waals surface area contributed by atoms with Crippen molar-refractivity contribution in [2.75, 3.05) is 43.1 Å². The molecule has 0 amide bonds. The van der Waals surface area contributed by atoms with Crippen molar-refractivity contribution in [2.45, 2.75) is 6.61 Å². The summed E-state index contributed by atoms with van der Waals surface area (Å²) in [5, 5.41) is 5.16. The molecule has 0 aromatic carbocycles. The molecule has 3 heterocycles. The lowest BCUT2D eigenvalue weighted by molar-refractivity contribution is 0.179. The first-order chi connectivity index (χ1) is 11.1. The predicted octanol–water partition coefficient (Wildman–Crippen LogP) is 0.758. The Balaban J connectivity index is 1.68. The molecule has 0 saturated carbocycles. The smallest absolute Gasteiger partial charge is 0.287 e. The Morgan fingerprint density at radius 3 is 2.70 bits per heavy atom. The van der Waals surface area contributed by atoms with Crippen LogP contribution in [-0.2, 0) is 18.4 Å². The van der Waals surface area contributed by atoms with Gasteiger partial charge in [-0.25, -0.2) is 9.67 Å². The van der Waals surface area contributed by atoms with Crippen molar-refractivity contribution in [3.8, 4) is 0 Å². The van der Waals surface area contributed by atoms with Crippen molar-refractivity contribution in [2.24, 2.45) is 7.05 Å². The van der Waals surface area contributed by atoms with Crippen molar-refractivity contribution in [1.29, 1.82) is 0 Å². The standard InChI is InChI=1S/C13H17ClN6O2S/c1-18-12(21)11(14)9(7-15-18)19-3-5-20(6-4-19)13-16-10(8-22-2)17-23-13/h7H,3-6,8H2,1-2H3. The molecular weight excluding hydrogens is 340 g/mol. The number of methoxy groups -OCH3 is 1.